The molecule has 0 aliphatic rings. The van der Waals surface area contributed by atoms with Crippen LogP contribution in [0.5, 0.6) is 0 Å². The number of nitrogens with two attached hydrogens (primary N) is 1. The first kappa shape index (κ1) is 20.3. The number of hydrogen-bond donors (Lipinski definition) is 3. The molecule has 8 heteroatoms. The van der Waals surface area contributed by atoms with Crippen molar-refractivity contribution in [1.29, 1.82) is 0 Å². The molecule has 0 radical (unpaired) electrons. The maximum absolute atomic E-state index is 12.3. The Morgan fingerprint density at radius 2 is 2.00 bits per heavy atom. The Morgan fingerprint density at radius 1 is 1.21 bits per heavy atom. The van der Waals surface area contributed by atoms with Gasteiger partial charge < -0.3 is 20.8 Å². The number of rotatable bonds is 6. The zero-order valence-electron chi connectivity index (χ0n) is 16.7. The van der Waals surface area contributed by atoms with Gasteiger partial charge in [-0.25, -0.2) is 9.78 Å². The van der Waals surface area contributed by atoms with E-state index < -0.39 is 18.0 Å². The Kier molecular flexibility index (Phi) is 5.81. The van der Waals surface area contributed by atoms with E-state index in [1.807, 2.05) is 12.1 Å². The van der Waals surface area contributed by atoms with Crippen molar-refractivity contribution in [2.75, 3.05) is 5.32 Å². The van der Waals surface area contributed by atoms with Crippen molar-refractivity contribution in [3.8, 4) is 11.6 Å². The Hall–Kier alpha value is -3.42. The number of amides is 3. The van der Waals surface area contributed by atoms with Gasteiger partial charge in [-0.15, -0.1) is 0 Å². The van der Waals surface area contributed by atoms with Crippen LogP contribution < -0.4 is 16.4 Å². The van der Waals surface area contributed by atoms with E-state index in [2.05, 4.69) is 41.4 Å². The van der Waals surface area contributed by atoms with E-state index in [1.165, 1.54) is 0 Å². The lowest BCUT2D eigenvalue weighted by Crippen LogP contribution is -2.46. The standard InChI is InChI=1S/C21H25N5O3/c1-21(2,3)10-9-15(18(22)27)26-20(28)24-13-7-8-14-17(12-13)29-19(25-14)16-6-4-5-11-23-16/h4-8,11-12,15H,9-10H2,1-3H3,(H2,22,27)(H2,24,26,28). The molecule has 0 bridgehead atoms. The number of aromatic nitrogens is 2. The van der Waals surface area contributed by atoms with Crippen LogP contribution in [0, 0.1) is 5.41 Å². The highest BCUT2D eigenvalue weighted by molar-refractivity contribution is 5.94. The minimum Gasteiger partial charge on any atom is -0.435 e. The molecule has 0 fully saturated rings. The second-order valence-electron chi connectivity index (χ2n) is 8.07. The van der Waals surface area contributed by atoms with Gasteiger partial charge in [-0.05, 0) is 42.5 Å². The molecular formula is C21H25N5O3. The molecule has 2 heterocycles. The van der Waals surface area contributed by atoms with Crippen LogP contribution in [0.1, 0.15) is 33.6 Å². The molecule has 3 rings (SSSR count). The molecule has 0 aliphatic carbocycles. The predicted molar refractivity (Wildman–Crippen MR) is 111 cm³/mol. The van der Waals surface area contributed by atoms with Gasteiger partial charge in [-0.2, -0.15) is 0 Å². The molecular weight excluding hydrogens is 370 g/mol. The summed E-state index contributed by atoms with van der Waals surface area (Å²) in [5.74, 6) is -0.159. The number of hydrogen-bond acceptors (Lipinski definition) is 5. The second-order valence-corrected chi connectivity index (χ2v) is 8.07. The zero-order chi connectivity index (χ0) is 21.0. The molecule has 0 spiro atoms. The Labute approximate surface area is 168 Å². The molecule has 1 unspecified atom stereocenters. The van der Waals surface area contributed by atoms with Crippen molar-refractivity contribution in [3.63, 3.8) is 0 Å². The highest BCUT2D eigenvalue weighted by atomic mass is 16.3. The van der Waals surface area contributed by atoms with Crippen LogP contribution in [-0.2, 0) is 4.79 Å². The summed E-state index contributed by atoms with van der Waals surface area (Å²) in [6.45, 7) is 6.20. The van der Waals surface area contributed by atoms with Crippen molar-refractivity contribution >= 4 is 28.7 Å². The highest BCUT2D eigenvalue weighted by Gasteiger charge is 2.21. The van der Waals surface area contributed by atoms with Gasteiger partial charge in [-0.1, -0.05) is 26.8 Å². The molecule has 1 atom stereocenters. The number of anilines is 1. The lowest BCUT2D eigenvalue weighted by molar-refractivity contribution is -0.120. The normalized spacial score (nSPS) is 12.5. The van der Waals surface area contributed by atoms with Gasteiger partial charge >= 0.3 is 6.03 Å². The molecule has 8 nitrogen and oxygen atoms in total. The monoisotopic (exact) mass is 395 g/mol. The van der Waals surface area contributed by atoms with Crippen LogP contribution in [-0.4, -0.2) is 27.9 Å². The fourth-order valence-corrected chi connectivity index (χ4v) is 2.79. The van der Waals surface area contributed by atoms with Crippen LogP contribution in [0.2, 0.25) is 0 Å². The molecule has 2 aromatic heterocycles. The number of fused-ring (bicyclic) bond motifs is 1. The molecule has 0 aliphatic heterocycles. The molecule has 0 saturated heterocycles. The van der Waals surface area contributed by atoms with Gasteiger partial charge in [-0.3, -0.25) is 9.78 Å². The van der Waals surface area contributed by atoms with Crippen LogP contribution >= 0.6 is 0 Å². The molecule has 3 amide bonds. The maximum atomic E-state index is 12.3. The number of nitrogens with zero attached hydrogens (tertiary/aromatic N) is 2. The van der Waals surface area contributed by atoms with E-state index in [4.69, 9.17) is 10.2 Å². The SMILES string of the molecule is CC(C)(C)CCC(NC(=O)Nc1ccc2nc(-c3ccccn3)oc2c1)C(N)=O. The lowest BCUT2D eigenvalue weighted by Gasteiger charge is -2.22. The first-order valence-electron chi connectivity index (χ1n) is 9.40. The van der Waals surface area contributed by atoms with Gasteiger partial charge in [0, 0.05) is 18.0 Å². The molecule has 152 valence electrons. The van der Waals surface area contributed by atoms with Crippen LogP contribution in [0.15, 0.2) is 47.0 Å². The summed E-state index contributed by atoms with van der Waals surface area (Å²) in [6.07, 6.45) is 2.89. The summed E-state index contributed by atoms with van der Waals surface area (Å²) >= 11 is 0. The zero-order valence-corrected chi connectivity index (χ0v) is 16.7. The summed E-state index contributed by atoms with van der Waals surface area (Å²) in [5.41, 5.74) is 7.77. The Morgan fingerprint density at radius 3 is 2.66 bits per heavy atom. The van der Waals surface area contributed by atoms with Gasteiger partial charge in [0.2, 0.25) is 11.8 Å². The summed E-state index contributed by atoms with van der Waals surface area (Å²) in [5, 5.41) is 5.34. The summed E-state index contributed by atoms with van der Waals surface area (Å²) in [4.78, 5) is 32.6. The van der Waals surface area contributed by atoms with Crippen LogP contribution in [0.4, 0.5) is 10.5 Å². The van der Waals surface area contributed by atoms with Crippen LogP contribution in [0.3, 0.4) is 0 Å². The molecule has 1 aromatic carbocycles. The molecule has 29 heavy (non-hydrogen) atoms. The van der Waals surface area contributed by atoms with Gasteiger partial charge in [0.15, 0.2) is 5.58 Å². The summed E-state index contributed by atoms with van der Waals surface area (Å²) in [7, 11) is 0. The predicted octanol–water partition coefficient (Wildman–Crippen LogP) is 3.69. The van der Waals surface area contributed by atoms with Gasteiger partial charge in [0.25, 0.3) is 0 Å². The van der Waals surface area contributed by atoms with E-state index >= 15 is 0 Å². The topological polar surface area (TPSA) is 123 Å². The van der Waals surface area contributed by atoms with Crippen molar-refractivity contribution in [2.45, 2.75) is 39.7 Å². The number of oxazole rings is 1. The Balaban J connectivity index is 1.68. The molecule has 4 N–H and O–H groups in total. The Bertz CT molecular complexity index is 1010. The fourth-order valence-electron chi connectivity index (χ4n) is 2.79. The van der Waals surface area contributed by atoms with Crippen molar-refractivity contribution in [2.24, 2.45) is 11.1 Å². The van der Waals surface area contributed by atoms with Crippen LogP contribution in [0.25, 0.3) is 22.7 Å². The third kappa shape index (κ3) is 5.54. The van der Waals surface area contributed by atoms with E-state index in [1.54, 1.807) is 30.5 Å². The van der Waals surface area contributed by atoms with Crippen molar-refractivity contribution in [1.82, 2.24) is 15.3 Å². The lowest BCUT2D eigenvalue weighted by atomic mass is 9.88. The largest absolute Gasteiger partial charge is 0.435 e. The number of benzene rings is 1. The summed E-state index contributed by atoms with van der Waals surface area (Å²) < 4.78 is 5.75. The quantitative estimate of drug-likeness (QED) is 0.587. The van der Waals surface area contributed by atoms with E-state index in [0.29, 0.717) is 34.8 Å². The number of pyridine rings is 1. The number of urea groups is 1. The third-order valence-corrected chi connectivity index (χ3v) is 4.36. The van der Waals surface area contributed by atoms with E-state index in [-0.39, 0.29) is 5.41 Å². The van der Waals surface area contributed by atoms with E-state index in [9.17, 15) is 9.59 Å². The van der Waals surface area contributed by atoms with Gasteiger partial charge in [0.1, 0.15) is 17.3 Å². The average Bonchev–Trinajstić information content (AvgIpc) is 3.08. The number of primary amides is 1. The second kappa shape index (κ2) is 8.30. The molecule has 3 aromatic rings. The first-order valence-corrected chi connectivity index (χ1v) is 9.40. The number of carbonyl (C=O) groups is 2. The van der Waals surface area contributed by atoms with Crippen molar-refractivity contribution < 1.29 is 14.0 Å². The minimum absolute atomic E-state index is 0.0362. The summed E-state index contributed by atoms with van der Waals surface area (Å²) in [6, 6.07) is 9.34. The third-order valence-electron chi connectivity index (χ3n) is 4.36. The van der Waals surface area contributed by atoms with Crippen molar-refractivity contribution in [3.05, 3.63) is 42.6 Å². The average molecular weight is 395 g/mol. The smallest absolute Gasteiger partial charge is 0.319 e. The first-order chi connectivity index (χ1) is 13.7. The number of nitrogens with one attached hydrogen (secondary N) is 2. The maximum Gasteiger partial charge on any atom is 0.319 e. The highest BCUT2D eigenvalue weighted by Crippen LogP contribution is 2.25. The van der Waals surface area contributed by atoms with E-state index in [0.717, 1.165) is 6.42 Å². The minimum atomic E-state index is -0.737. The number of carbonyl (C=O) groups excluding carboxylic acids is 2. The van der Waals surface area contributed by atoms with Gasteiger partial charge in [0.05, 0.1) is 0 Å². The fraction of sp³-hybridized carbons (Fsp3) is 0.333. The molecule has 0 saturated carbocycles.